The SMILES string of the molecule is Cc1cccc(-c2cncc(O[C@H]3SC[C@@H](O)[C@H](O)[C@H]3O)c2)n1. The van der Waals surface area contributed by atoms with Crippen LogP contribution >= 0.6 is 11.8 Å². The third-order valence-corrected chi connectivity index (χ3v) is 4.84. The van der Waals surface area contributed by atoms with Crippen molar-refractivity contribution in [1.82, 2.24) is 9.97 Å². The molecule has 0 bridgehead atoms. The summed E-state index contributed by atoms with van der Waals surface area (Å²) in [6, 6.07) is 7.51. The molecule has 3 heterocycles. The molecule has 0 amide bonds. The Morgan fingerprint density at radius 3 is 2.78 bits per heavy atom. The first-order valence-electron chi connectivity index (χ1n) is 7.26. The molecule has 2 aromatic heterocycles. The van der Waals surface area contributed by atoms with E-state index in [0.717, 1.165) is 17.0 Å². The quantitative estimate of drug-likeness (QED) is 0.770. The molecule has 0 spiro atoms. The molecule has 7 heteroatoms. The number of nitrogens with zero attached hydrogens (tertiary/aromatic N) is 2. The first-order valence-corrected chi connectivity index (χ1v) is 8.31. The fourth-order valence-electron chi connectivity index (χ4n) is 2.34. The van der Waals surface area contributed by atoms with E-state index >= 15 is 0 Å². The molecular weight excluding hydrogens is 316 g/mol. The van der Waals surface area contributed by atoms with Gasteiger partial charge in [0.15, 0.2) is 5.44 Å². The second-order valence-corrected chi connectivity index (χ2v) is 6.57. The highest BCUT2D eigenvalue weighted by atomic mass is 32.2. The molecule has 1 fully saturated rings. The maximum Gasteiger partial charge on any atom is 0.173 e. The van der Waals surface area contributed by atoms with E-state index in [2.05, 4.69) is 9.97 Å². The minimum Gasteiger partial charge on any atom is -0.475 e. The Morgan fingerprint density at radius 1 is 1.17 bits per heavy atom. The van der Waals surface area contributed by atoms with E-state index in [4.69, 9.17) is 4.74 Å². The minimum absolute atomic E-state index is 0.301. The van der Waals surface area contributed by atoms with Crippen molar-refractivity contribution in [2.24, 2.45) is 0 Å². The average molecular weight is 334 g/mol. The lowest BCUT2D eigenvalue weighted by molar-refractivity contribution is -0.0786. The van der Waals surface area contributed by atoms with Gasteiger partial charge in [-0.2, -0.15) is 0 Å². The number of aromatic nitrogens is 2. The number of aliphatic hydroxyl groups is 3. The predicted molar refractivity (Wildman–Crippen MR) is 87.1 cm³/mol. The van der Waals surface area contributed by atoms with Crippen LogP contribution in [0.2, 0.25) is 0 Å². The zero-order valence-electron chi connectivity index (χ0n) is 12.5. The molecule has 1 aliphatic rings. The molecule has 3 N–H and O–H groups in total. The Labute approximate surface area is 138 Å². The fourth-order valence-corrected chi connectivity index (χ4v) is 3.47. The summed E-state index contributed by atoms with van der Waals surface area (Å²) in [5, 5.41) is 29.3. The highest BCUT2D eigenvalue weighted by molar-refractivity contribution is 7.99. The number of rotatable bonds is 3. The molecule has 3 rings (SSSR count). The Bertz CT molecular complexity index is 685. The van der Waals surface area contributed by atoms with Crippen molar-refractivity contribution in [1.29, 1.82) is 0 Å². The molecule has 0 aliphatic carbocycles. The van der Waals surface area contributed by atoms with E-state index in [1.807, 2.05) is 25.1 Å². The van der Waals surface area contributed by atoms with Gasteiger partial charge >= 0.3 is 0 Å². The third-order valence-electron chi connectivity index (χ3n) is 3.60. The predicted octanol–water partition coefficient (Wildman–Crippen LogP) is 0.986. The van der Waals surface area contributed by atoms with Gasteiger partial charge in [0.05, 0.1) is 18.0 Å². The van der Waals surface area contributed by atoms with E-state index in [1.54, 1.807) is 18.5 Å². The van der Waals surface area contributed by atoms with Crippen LogP contribution in [0.15, 0.2) is 36.7 Å². The second kappa shape index (κ2) is 6.84. The molecule has 0 radical (unpaired) electrons. The zero-order valence-corrected chi connectivity index (χ0v) is 13.3. The van der Waals surface area contributed by atoms with Crippen molar-refractivity contribution in [2.45, 2.75) is 30.7 Å². The minimum atomic E-state index is -1.21. The van der Waals surface area contributed by atoms with E-state index in [9.17, 15) is 15.3 Å². The van der Waals surface area contributed by atoms with Gasteiger partial charge in [0.2, 0.25) is 0 Å². The van der Waals surface area contributed by atoms with Crippen LogP contribution in [0.3, 0.4) is 0 Å². The van der Waals surface area contributed by atoms with Crippen LogP contribution in [-0.2, 0) is 0 Å². The Hall–Kier alpha value is -1.67. The number of aryl methyl sites for hydroxylation is 1. The molecule has 1 saturated heterocycles. The number of hydrogen-bond donors (Lipinski definition) is 3. The van der Waals surface area contributed by atoms with Gasteiger partial charge in [0.25, 0.3) is 0 Å². The lowest BCUT2D eigenvalue weighted by Crippen LogP contribution is -2.50. The smallest absolute Gasteiger partial charge is 0.173 e. The summed E-state index contributed by atoms with van der Waals surface area (Å²) in [6.07, 6.45) is -0.0853. The van der Waals surface area contributed by atoms with E-state index in [0.29, 0.717) is 11.5 Å². The van der Waals surface area contributed by atoms with Crippen molar-refractivity contribution in [3.63, 3.8) is 0 Å². The molecule has 122 valence electrons. The first-order chi connectivity index (χ1) is 11.0. The van der Waals surface area contributed by atoms with Crippen LogP contribution < -0.4 is 4.74 Å². The Morgan fingerprint density at radius 2 is 2.00 bits per heavy atom. The van der Waals surface area contributed by atoms with Gasteiger partial charge in [-0.25, -0.2) is 0 Å². The van der Waals surface area contributed by atoms with Crippen LogP contribution in [0.4, 0.5) is 0 Å². The summed E-state index contributed by atoms with van der Waals surface area (Å²) in [7, 11) is 0. The number of thioether (sulfide) groups is 1. The van der Waals surface area contributed by atoms with Gasteiger partial charge in [-0.05, 0) is 25.1 Å². The number of pyridine rings is 2. The van der Waals surface area contributed by atoms with Crippen molar-refractivity contribution in [2.75, 3.05) is 5.75 Å². The summed E-state index contributed by atoms with van der Waals surface area (Å²) in [5.74, 6) is 0.779. The van der Waals surface area contributed by atoms with Crippen molar-refractivity contribution >= 4 is 11.8 Å². The highest BCUT2D eigenvalue weighted by Gasteiger charge is 2.38. The number of hydrogen-bond acceptors (Lipinski definition) is 7. The van der Waals surface area contributed by atoms with Crippen LogP contribution in [0.5, 0.6) is 5.75 Å². The van der Waals surface area contributed by atoms with Crippen LogP contribution in [-0.4, -0.2) is 54.8 Å². The van der Waals surface area contributed by atoms with Gasteiger partial charge in [0, 0.05) is 23.2 Å². The van der Waals surface area contributed by atoms with Crippen molar-refractivity contribution in [3.05, 3.63) is 42.4 Å². The molecule has 23 heavy (non-hydrogen) atoms. The zero-order chi connectivity index (χ0) is 16.4. The first kappa shape index (κ1) is 16.2. The monoisotopic (exact) mass is 334 g/mol. The average Bonchev–Trinajstić information content (AvgIpc) is 2.56. The molecule has 0 saturated carbocycles. The summed E-state index contributed by atoms with van der Waals surface area (Å²) in [4.78, 5) is 8.59. The topological polar surface area (TPSA) is 95.7 Å². The summed E-state index contributed by atoms with van der Waals surface area (Å²) >= 11 is 1.26. The molecular formula is C16H18N2O4S. The Kier molecular flexibility index (Phi) is 4.82. The molecule has 1 aliphatic heterocycles. The largest absolute Gasteiger partial charge is 0.475 e. The van der Waals surface area contributed by atoms with Crippen LogP contribution in [0, 0.1) is 6.92 Å². The summed E-state index contributed by atoms with van der Waals surface area (Å²) < 4.78 is 5.73. The van der Waals surface area contributed by atoms with Gasteiger partial charge in [-0.1, -0.05) is 6.07 Å². The lowest BCUT2D eigenvalue weighted by Gasteiger charge is -2.34. The maximum atomic E-state index is 10.0. The van der Waals surface area contributed by atoms with Crippen molar-refractivity contribution < 1.29 is 20.1 Å². The number of aliphatic hydroxyl groups excluding tert-OH is 3. The van der Waals surface area contributed by atoms with E-state index in [-0.39, 0.29) is 0 Å². The molecule has 0 unspecified atom stereocenters. The molecule has 2 aromatic rings. The second-order valence-electron chi connectivity index (χ2n) is 5.44. The third kappa shape index (κ3) is 3.64. The molecule has 0 aromatic carbocycles. The van der Waals surface area contributed by atoms with Crippen LogP contribution in [0.25, 0.3) is 11.3 Å². The summed E-state index contributed by atoms with van der Waals surface area (Å²) in [6.45, 7) is 1.92. The van der Waals surface area contributed by atoms with Gasteiger partial charge in [-0.15, -0.1) is 11.8 Å². The van der Waals surface area contributed by atoms with Crippen LogP contribution in [0.1, 0.15) is 5.69 Å². The Balaban J connectivity index is 1.78. The molecule has 6 nitrogen and oxygen atoms in total. The fraction of sp³-hybridized carbons (Fsp3) is 0.375. The van der Waals surface area contributed by atoms with Gasteiger partial charge in [0.1, 0.15) is 18.0 Å². The standard InChI is InChI=1S/C16H18N2O4S/c1-9-3-2-4-12(18-9)10-5-11(7-17-6-10)22-16-15(21)14(20)13(19)8-23-16/h2-7,13-16,19-21H,8H2,1H3/t13-,14+,15-,16+/m1/s1. The van der Waals surface area contributed by atoms with Gasteiger partial charge < -0.3 is 20.1 Å². The maximum absolute atomic E-state index is 10.0. The summed E-state index contributed by atoms with van der Waals surface area (Å²) in [5.41, 5.74) is 1.84. The normalized spacial score (nSPS) is 27.7. The van der Waals surface area contributed by atoms with Gasteiger partial charge in [-0.3, -0.25) is 9.97 Å². The molecule has 4 atom stereocenters. The van der Waals surface area contributed by atoms with E-state index in [1.165, 1.54) is 11.8 Å². The number of ether oxygens (including phenoxy) is 1. The van der Waals surface area contributed by atoms with E-state index < -0.39 is 23.7 Å². The lowest BCUT2D eigenvalue weighted by atomic mass is 10.1. The van der Waals surface area contributed by atoms with Crippen molar-refractivity contribution in [3.8, 4) is 17.0 Å². The highest BCUT2D eigenvalue weighted by Crippen LogP contribution is 2.30.